The number of benzene rings is 1. The van der Waals surface area contributed by atoms with Gasteiger partial charge in [-0.3, -0.25) is 0 Å². The Morgan fingerprint density at radius 1 is 1.25 bits per heavy atom. The normalized spacial score (nSPS) is 23.3. The predicted octanol–water partition coefficient (Wildman–Crippen LogP) is 2.41. The van der Waals surface area contributed by atoms with Crippen molar-refractivity contribution >= 4 is 0 Å². The van der Waals surface area contributed by atoms with Crippen LogP contribution in [0.1, 0.15) is 6.92 Å². The second-order valence-electron chi connectivity index (χ2n) is 3.82. The largest absolute Gasteiger partial charge is 0.484 e. The molecule has 0 aromatic heterocycles. The molecule has 88 valence electrons. The van der Waals surface area contributed by atoms with Crippen molar-refractivity contribution in [3.8, 4) is 5.75 Å². The minimum atomic E-state index is -1.54. The highest BCUT2D eigenvalue weighted by Gasteiger charge is 2.41. The molecule has 0 spiro atoms. The maximum Gasteiger partial charge on any atom is 0.203 e. The third-order valence-electron chi connectivity index (χ3n) is 2.23. The highest BCUT2D eigenvalue weighted by atomic mass is 19.2. The summed E-state index contributed by atoms with van der Waals surface area (Å²) in [6.45, 7) is 1.87. The van der Waals surface area contributed by atoms with E-state index in [1.807, 2.05) is 0 Å². The first-order chi connectivity index (χ1) is 7.43. The van der Waals surface area contributed by atoms with Crippen LogP contribution in [0.3, 0.4) is 0 Å². The summed E-state index contributed by atoms with van der Waals surface area (Å²) in [5.74, 6) is -7.10. The fraction of sp³-hybridized carbons (Fsp3) is 0.400. The van der Waals surface area contributed by atoms with E-state index in [-0.39, 0.29) is 12.7 Å². The second-order valence-corrected chi connectivity index (χ2v) is 3.82. The van der Waals surface area contributed by atoms with Gasteiger partial charge in [-0.05, 0) is 6.92 Å². The molecule has 16 heavy (non-hydrogen) atoms. The molecule has 1 aliphatic rings. The molecule has 0 aliphatic carbocycles. The maximum atomic E-state index is 13.1. The van der Waals surface area contributed by atoms with Crippen molar-refractivity contribution in [2.75, 3.05) is 13.2 Å². The third kappa shape index (κ3) is 1.97. The van der Waals surface area contributed by atoms with Gasteiger partial charge in [0, 0.05) is 6.07 Å². The van der Waals surface area contributed by atoms with Gasteiger partial charge in [-0.15, -0.1) is 0 Å². The van der Waals surface area contributed by atoms with Crippen molar-refractivity contribution in [3.63, 3.8) is 0 Å². The summed E-state index contributed by atoms with van der Waals surface area (Å²) < 4.78 is 61.3. The molecule has 1 heterocycles. The summed E-state index contributed by atoms with van der Waals surface area (Å²) in [6, 6.07) is 0.132. The summed E-state index contributed by atoms with van der Waals surface area (Å²) in [6.07, 6.45) is 0. The van der Waals surface area contributed by atoms with Gasteiger partial charge < -0.3 is 9.47 Å². The second kappa shape index (κ2) is 3.62. The van der Waals surface area contributed by atoms with Crippen molar-refractivity contribution in [2.24, 2.45) is 0 Å². The minimum absolute atomic E-state index is 0.132. The zero-order valence-corrected chi connectivity index (χ0v) is 8.32. The molecule has 0 radical (unpaired) electrons. The van der Waals surface area contributed by atoms with Crippen molar-refractivity contribution in [1.29, 1.82) is 0 Å². The highest BCUT2D eigenvalue weighted by Crippen LogP contribution is 2.30. The molecule has 6 heteroatoms. The lowest BCUT2D eigenvalue weighted by atomic mass is 10.2. The van der Waals surface area contributed by atoms with Gasteiger partial charge in [-0.1, -0.05) is 0 Å². The van der Waals surface area contributed by atoms with Crippen LogP contribution in [0.4, 0.5) is 17.6 Å². The van der Waals surface area contributed by atoms with Gasteiger partial charge in [0.05, 0.1) is 6.61 Å². The predicted molar refractivity (Wildman–Crippen MR) is 46.1 cm³/mol. The first-order valence-corrected chi connectivity index (χ1v) is 4.53. The van der Waals surface area contributed by atoms with Crippen LogP contribution in [-0.2, 0) is 4.74 Å². The molecule has 0 bridgehead atoms. The van der Waals surface area contributed by atoms with Crippen LogP contribution in [0.15, 0.2) is 6.07 Å². The summed E-state index contributed by atoms with van der Waals surface area (Å²) in [5.41, 5.74) is -0.623. The Kier molecular flexibility index (Phi) is 2.53. The first-order valence-electron chi connectivity index (χ1n) is 4.53. The molecule has 1 aromatic carbocycles. The van der Waals surface area contributed by atoms with Gasteiger partial charge in [0.15, 0.2) is 17.4 Å². The fourth-order valence-electron chi connectivity index (χ4n) is 1.11. The summed E-state index contributed by atoms with van der Waals surface area (Å²) >= 11 is 0. The van der Waals surface area contributed by atoms with E-state index in [1.54, 1.807) is 6.92 Å². The Morgan fingerprint density at radius 2 is 1.75 bits per heavy atom. The molecular formula is C10H8F4O2. The van der Waals surface area contributed by atoms with Crippen molar-refractivity contribution < 1.29 is 27.0 Å². The first kappa shape index (κ1) is 11.2. The van der Waals surface area contributed by atoms with Gasteiger partial charge in [0.2, 0.25) is 11.6 Å². The average Bonchev–Trinajstić information content (AvgIpc) is 2.94. The van der Waals surface area contributed by atoms with Crippen LogP contribution < -0.4 is 4.74 Å². The zero-order chi connectivity index (χ0) is 11.9. The van der Waals surface area contributed by atoms with E-state index in [2.05, 4.69) is 0 Å². The molecule has 2 rings (SSSR count). The molecule has 0 N–H and O–H groups in total. The summed E-state index contributed by atoms with van der Waals surface area (Å²) in [4.78, 5) is 0. The molecule has 1 aromatic rings. The topological polar surface area (TPSA) is 21.8 Å². The van der Waals surface area contributed by atoms with Crippen LogP contribution in [0.25, 0.3) is 0 Å². The Morgan fingerprint density at radius 3 is 2.19 bits per heavy atom. The third-order valence-corrected chi connectivity index (χ3v) is 2.23. The van der Waals surface area contributed by atoms with E-state index < -0.39 is 34.6 Å². The number of halogens is 4. The van der Waals surface area contributed by atoms with Crippen molar-refractivity contribution in [3.05, 3.63) is 29.3 Å². The fourth-order valence-corrected chi connectivity index (χ4v) is 1.11. The number of ether oxygens (including phenoxy) is 2. The van der Waals surface area contributed by atoms with E-state index in [9.17, 15) is 17.6 Å². The maximum absolute atomic E-state index is 13.1. The molecular weight excluding hydrogens is 228 g/mol. The summed E-state index contributed by atoms with van der Waals surface area (Å²) in [7, 11) is 0. The van der Waals surface area contributed by atoms with Crippen LogP contribution in [0.5, 0.6) is 5.75 Å². The quantitative estimate of drug-likeness (QED) is 0.456. The Hall–Kier alpha value is -1.30. The van der Waals surface area contributed by atoms with E-state index >= 15 is 0 Å². The molecule has 1 unspecified atom stereocenters. The lowest BCUT2D eigenvalue weighted by Gasteiger charge is -2.11. The number of rotatable bonds is 3. The van der Waals surface area contributed by atoms with Crippen molar-refractivity contribution in [2.45, 2.75) is 12.5 Å². The minimum Gasteiger partial charge on any atom is -0.484 e. The highest BCUT2D eigenvalue weighted by molar-refractivity contribution is 5.28. The van der Waals surface area contributed by atoms with E-state index in [1.165, 1.54) is 0 Å². The van der Waals surface area contributed by atoms with Crippen LogP contribution in [-0.4, -0.2) is 18.8 Å². The SMILES string of the molecule is CC1(COc2c(F)c(F)cc(F)c2F)CO1. The van der Waals surface area contributed by atoms with E-state index in [0.29, 0.717) is 6.61 Å². The molecule has 1 saturated heterocycles. The van der Waals surface area contributed by atoms with Crippen LogP contribution in [0.2, 0.25) is 0 Å². The molecule has 0 saturated carbocycles. The lowest BCUT2D eigenvalue weighted by Crippen LogP contribution is -2.18. The smallest absolute Gasteiger partial charge is 0.203 e. The van der Waals surface area contributed by atoms with Gasteiger partial charge >= 0.3 is 0 Å². The standard InChI is InChI=1S/C10H8F4O2/c1-10(4-16-10)3-15-9-7(13)5(11)2-6(12)8(9)14/h2H,3-4H2,1H3. The molecule has 0 amide bonds. The van der Waals surface area contributed by atoms with E-state index in [4.69, 9.17) is 9.47 Å². The van der Waals surface area contributed by atoms with Crippen LogP contribution >= 0.6 is 0 Å². The zero-order valence-electron chi connectivity index (χ0n) is 8.32. The van der Waals surface area contributed by atoms with Gasteiger partial charge in [-0.25, -0.2) is 8.78 Å². The number of hydrogen-bond donors (Lipinski definition) is 0. The van der Waals surface area contributed by atoms with Crippen molar-refractivity contribution in [1.82, 2.24) is 0 Å². The van der Waals surface area contributed by atoms with Gasteiger partial charge in [-0.2, -0.15) is 8.78 Å². The Labute approximate surface area is 88.8 Å². The molecule has 1 fully saturated rings. The number of epoxide rings is 1. The van der Waals surface area contributed by atoms with Gasteiger partial charge in [0.1, 0.15) is 12.2 Å². The number of hydrogen-bond acceptors (Lipinski definition) is 2. The molecule has 1 aliphatic heterocycles. The monoisotopic (exact) mass is 236 g/mol. The molecule has 2 nitrogen and oxygen atoms in total. The van der Waals surface area contributed by atoms with Gasteiger partial charge in [0.25, 0.3) is 0 Å². The average molecular weight is 236 g/mol. The van der Waals surface area contributed by atoms with E-state index in [0.717, 1.165) is 0 Å². The molecule has 1 atom stereocenters. The lowest BCUT2D eigenvalue weighted by molar-refractivity contribution is 0.186. The Bertz CT molecular complexity index is 403. The summed E-state index contributed by atoms with van der Waals surface area (Å²) in [5, 5.41) is 0. The van der Waals surface area contributed by atoms with Crippen LogP contribution in [0, 0.1) is 23.3 Å². The Balaban J connectivity index is 2.24.